The number of aromatic nitrogens is 3. The molecule has 0 bridgehead atoms. The minimum atomic E-state index is -0.219. The number of likely N-dealkylation sites (tertiary alicyclic amines) is 1. The second kappa shape index (κ2) is 7.07. The number of nitrogens with one attached hydrogen (secondary N) is 2. The van der Waals surface area contributed by atoms with E-state index >= 15 is 0 Å². The largest absolute Gasteiger partial charge is 0.340 e. The van der Waals surface area contributed by atoms with Gasteiger partial charge in [-0.05, 0) is 36.1 Å². The lowest BCUT2D eigenvalue weighted by Crippen LogP contribution is -2.34. The van der Waals surface area contributed by atoms with Crippen LogP contribution in [-0.2, 0) is 6.54 Å². The summed E-state index contributed by atoms with van der Waals surface area (Å²) in [6, 6.07) is 19.2. The molecule has 1 fully saturated rings. The molecule has 2 heterocycles. The van der Waals surface area contributed by atoms with Gasteiger partial charge in [0.2, 0.25) is 0 Å². The van der Waals surface area contributed by atoms with E-state index in [0.717, 1.165) is 38.3 Å². The summed E-state index contributed by atoms with van der Waals surface area (Å²) < 4.78 is 0. The number of piperidine rings is 1. The average Bonchev–Trinajstić information content (AvgIpc) is 3.10. The molecule has 1 atom stereocenters. The molecule has 2 N–H and O–H groups in total. The van der Waals surface area contributed by atoms with Crippen LogP contribution in [0.3, 0.4) is 0 Å². The van der Waals surface area contributed by atoms with Crippen LogP contribution in [-0.4, -0.2) is 33.2 Å². The van der Waals surface area contributed by atoms with Gasteiger partial charge in [-0.25, -0.2) is 9.89 Å². The molecule has 1 unspecified atom stereocenters. The number of aromatic amines is 2. The van der Waals surface area contributed by atoms with E-state index in [2.05, 4.69) is 68.6 Å². The molecule has 5 heteroatoms. The number of nitrogens with zero attached hydrogens (tertiary/aromatic N) is 2. The predicted octanol–water partition coefficient (Wildman–Crippen LogP) is 3.14. The summed E-state index contributed by atoms with van der Waals surface area (Å²) in [6.45, 7) is 2.95. The minimum Gasteiger partial charge on any atom is -0.298 e. The molecule has 0 saturated carbocycles. The molecule has 1 aliphatic heterocycles. The molecule has 5 nitrogen and oxygen atoms in total. The number of hydrogen-bond acceptors (Lipinski definition) is 3. The standard InChI is InChI=1S/C20H22N4O/c25-20-21-19(22-23-20)18-7-4-12-24(14-18)13-15-8-10-17(11-9-15)16-5-2-1-3-6-16/h1-3,5-6,8-11,18H,4,7,12-14H2,(H2,21,22,23,25). The summed E-state index contributed by atoms with van der Waals surface area (Å²) in [6.07, 6.45) is 2.20. The van der Waals surface area contributed by atoms with Crippen molar-refractivity contribution >= 4 is 0 Å². The number of H-pyrrole nitrogens is 2. The Kier molecular flexibility index (Phi) is 4.48. The van der Waals surface area contributed by atoms with Gasteiger partial charge in [-0.15, -0.1) is 0 Å². The fraction of sp³-hybridized carbons (Fsp3) is 0.300. The molecule has 1 saturated heterocycles. The Morgan fingerprint density at radius 2 is 1.80 bits per heavy atom. The van der Waals surface area contributed by atoms with Crippen LogP contribution >= 0.6 is 0 Å². The van der Waals surface area contributed by atoms with Crippen molar-refractivity contribution in [2.24, 2.45) is 0 Å². The zero-order valence-electron chi connectivity index (χ0n) is 14.1. The molecule has 0 radical (unpaired) electrons. The molecule has 0 spiro atoms. The van der Waals surface area contributed by atoms with E-state index in [9.17, 15) is 4.79 Å². The predicted molar refractivity (Wildman–Crippen MR) is 98.3 cm³/mol. The van der Waals surface area contributed by atoms with Crippen LogP contribution in [0, 0.1) is 0 Å². The van der Waals surface area contributed by atoms with Crippen molar-refractivity contribution in [3.8, 4) is 11.1 Å². The highest BCUT2D eigenvalue weighted by molar-refractivity contribution is 5.63. The fourth-order valence-electron chi connectivity index (χ4n) is 3.59. The number of hydrogen-bond donors (Lipinski definition) is 2. The first kappa shape index (κ1) is 15.8. The van der Waals surface area contributed by atoms with Crippen molar-refractivity contribution in [3.63, 3.8) is 0 Å². The van der Waals surface area contributed by atoms with Gasteiger partial charge in [0, 0.05) is 19.0 Å². The second-order valence-electron chi connectivity index (χ2n) is 6.70. The third-order valence-corrected chi connectivity index (χ3v) is 4.88. The van der Waals surface area contributed by atoms with Gasteiger partial charge in [0.1, 0.15) is 5.82 Å². The maximum Gasteiger partial charge on any atom is 0.340 e. The van der Waals surface area contributed by atoms with E-state index in [4.69, 9.17) is 0 Å². The molecule has 3 aromatic rings. The van der Waals surface area contributed by atoms with E-state index in [0.29, 0.717) is 5.92 Å². The van der Waals surface area contributed by atoms with Gasteiger partial charge >= 0.3 is 5.69 Å². The number of rotatable bonds is 4. The van der Waals surface area contributed by atoms with Crippen LogP contribution < -0.4 is 5.69 Å². The lowest BCUT2D eigenvalue weighted by atomic mass is 9.96. The lowest BCUT2D eigenvalue weighted by Gasteiger charge is -2.31. The van der Waals surface area contributed by atoms with E-state index in [-0.39, 0.29) is 5.69 Å². The highest BCUT2D eigenvalue weighted by atomic mass is 16.1. The number of benzene rings is 2. The molecular formula is C20H22N4O. The van der Waals surface area contributed by atoms with E-state index in [1.807, 2.05) is 6.07 Å². The first-order valence-electron chi connectivity index (χ1n) is 8.79. The maximum atomic E-state index is 11.3. The van der Waals surface area contributed by atoms with E-state index in [1.165, 1.54) is 16.7 Å². The van der Waals surface area contributed by atoms with Crippen molar-refractivity contribution in [3.05, 3.63) is 76.5 Å². The Bertz CT molecular complexity index is 866. The molecule has 0 amide bonds. The summed E-state index contributed by atoms with van der Waals surface area (Å²) in [5.41, 5.74) is 3.59. The van der Waals surface area contributed by atoms with Crippen LogP contribution in [0.15, 0.2) is 59.4 Å². The molecular weight excluding hydrogens is 312 g/mol. The average molecular weight is 334 g/mol. The van der Waals surface area contributed by atoms with Gasteiger partial charge in [-0.1, -0.05) is 54.6 Å². The van der Waals surface area contributed by atoms with Gasteiger partial charge in [-0.2, -0.15) is 5.10 Å². The normalized spacial score (nSPS) is 18.3. The van der Waals surface area contributed by atoms with Crippen LogP contribution in [0.5, 0.6) is 0 Å². The monoisotopic (exact) mass is 334 g/mol. The summed E-state index contributed by atoms with van der Waals surface area (Å²) in [5.74, 6) is 1.09. The van der Waals surface area contributed by atoms with E-state index in [1.54, 1.807) is 0 Å². The molecule has 4 rings (SSSR count). The third-order valence-electron chi connectivity index (χ3n) is 4.88. The minimum absolute atomic E-state index is 0.219. The highest BCUT2D eigenvalue weighted by Crippen LogP contribution is 2.25. The molecule has 1 aliphatic rings. The van der Waals surface area contributed by atoms with Gasteiger partial charge in [0.15, 0.2) is 0 Å². The zero-order chi connectivity index (χ0) is 17.1. The molecule has 0 aliphatic carbocycles. The van der Waals surface area contributed by atoms with Gasteiger partial charge < -0.3 is 0 Å². The summed E-state index contributed by atoms with van der Waals surface area (Å²) in [5, 5.41) is 6.58. The topological polar surface area (TPSA) is 64.8 Å². The van der Waals surface area contributed by atoms with E-state index < -0.39 is 0 Å². The summed E-state index contributed by atoms with van der Waals surface area (Å²) in [4.78, 5) is 16.5. The Labute approximate surface area is 146 Å². The Morgan fingerprint density at radius 3 is 2.52 bits per heavy atom. The van der Waals surface area contributed by atoms with Crippen molar-refractivity contribution in [1.82, 2.24) is 20.1 Å². The highest BCUT2D eigenvalue weighted by Gasteiger charge is 2.23. The Morgan fingerprint density at radius 1 is 1.04 bits per heavy atom. The molecule has 128 valence electrons. The first-order chi connectivity index (χ1) is 12.3. The smallest absolute Gasteiger partial charge is 0.298 e. The van der Waals surface area contributed by atoms with Gasteiger partial charge in [0.25, 0.3) is 0 Å². The third kappa shape index (κ3) is 3.72. The Balaban J connectivity index is 1.42. The first-order valence-corrected chi connectivity index (χ1v) is 8.79. The Hall–Kier alpha value is -2.66. The van der Waals surface area contributed by atoms with Crippen LogP contribution in [0.1, 0.15) is 30.1 Å². The summed E-state index contributed by atoms with van der Waals surface area (Å²) in [7, 11) is 0. The molecule has 1 aromatic heterocycles. The summed E-state index contributed by atoms with van der Waals surface area (Å²) >= 11 is 0. The van der Waals surface area contributed by atoms with Crippen LogP contribution in [0.4, 0.5) is 0 Å². The molecule has 2 aromatic carbocycles. The molecule has 25 heavy (non-hydrogen) atoms. The van der Waals surface area contributed by atoms with Crippen LogP contribution in [0.2, 0.25) is 0 Å². The second-order valence-corrected chi connectivity index (χ2v) is 6.70. The van der Waals surface area contributed by atoms with Crippen molar-refractivity contribution in [1.29, 1.82) is 0 Å². The maximum absolute atomic E-state index is 11.3. The van der Waals surface area contributed by atoms with Crippen molar-refractivity contribution < 1.29 is 0 Å². The van der Waals surface area contributed by atoms with Gasteiger partial charge in [0.05, 0.1) is 0 Å². The van der Waals surface area contributed by atoms with Crippen LogP contribution in [0.25, 0.3) is 11.1 Å². The van der Waals surface area contributed by atoms with Crippen molar-refractivity contribution in [2.75, 3.05) is 13.1 Å². The van der Waals surface area contributed by atoms with Gasteiger partial charge in [-0.3, -0.25) is 9.88 Å². The van der Waals surface area contributed by atoms with Crippen molar-refractivity contribution in [2.45, 2.75) is 25.3 Å². The SMILES string of the molecule is O=c1[nH]nc(C2CCCN(Cc3ccc(-c4ccccc4)cc3)C2)[nH]1. The lowest BCUT2D eigenvalue weighted by molar-refractivity contribution is 0.196. The fourth-order valence-corrected chi connectivity index (χ4v) is 3.59. The zero-order valence-corrected chi connectivity index (χ0v) is 14.1. The quantitative estimate of drug-likeness (QED) is 0.770.